The van der Waals surface area contributed by atoms with Crippen LogP contribution in [-0.2, 0) is 12.1 Å². The second-order valence-electron chi connectivity index (χ2n) is 6.35. The largest absolute Gasteiger partial charge is 0.417 e. The molecule has 7 heteroatoms. The maximum Gasteiger partial charge on any atom is 0.320 e. The lowest BCUT2D eigenvalue weighted by molar-refractivity contribution is -0.0455. The van der Waals surface area contributed by atoms with Crippen molar-refractivity contribution in [2.75, 3.05) is 0 Å². The SMILES string of the molecule is CC(=S)Oc1ncnn1C[C@@](O)(c1cccc(F)c1)C(C)C1CC1. The zero-order chi connectivity index (χ0) is 17.3. The Labute approximate surface area is 145 Å². The summed E-state index contributed by atoms with van der Waals surface area (Å²) in [5.74, 6) is -0.0120. The van der Waals surface area contributed by atoms with Crippen molar-refractivity contribution in [2.45, 2.75) is 38.8 Å². The quantitative estimate of drug-likeness (QED) is 0.812. The van der Waals surface area contributed by atoms with Gasteiger partial charge in [0.05, 0.1) is 6.54 Å². The fourth-order valence-corrected chi connectivity index (χ4v) is 3.11. The van der Waals surface area contributed by atoms with Crippen LogP contribution >= 0.6 is 12.2 Å². The Bertz CT molecular complexity index is 747. The Hall–Kier alpha value is -1.86. The molecule has 1 aliphatic carbocycles. The lowest BCUT2D eigenvalue weighted by Crippen LogP contribution is -2.40. The van der Waals surface area contributed by atoms with Crippen molar-refractivity contribution in [2.24, 2.45) is 11.8 Å². The van der Waals surface area contributed by atoms with Crippen molar-refractivity contribution in [3.63, 3.8) is 0 Å². The second kappa shape index (κ2) is 6.57. The number of hydrogen-bond donors (Lipinski definition) is 1. The Kier molecular flexibility index (Phi) is 4.64. The topological polar surface area (TPSA) is 60.2 Å². The number of aliphatic hydroxyl groups is 1. The molecule has 2 aromatic rings. The van der Waals surface area contributed by atoms with Crippen LogP contribution < -0.4 is 4.74 Å². The third kappa shape index (κ3) is 3.47. The minimum atomic E-state index is -1.27. The summed E-state index contributed by atoms with van der Waals surface area (Å²) in [6, 6.07) is 6.31. The molecule has 1 heterocycles. The van der Waals surface area contributed by atoms with Crippen LogP contribution in [0.2, 0.25) is 0 Å². The van der Waals surface area contributed by atoms with E-state index in [-0.39, 0.29) is 24.3 Å². The maximum absolute atomic E-state index is 13.7. The molecule has 0 spiro atoms. The minimum Gasteiger partial charge on any atom is -0.417 e. The first kappa shape index (κ1) is 17.0. The summed E-state index contributed by atoms with van der Waals surface area (Å²) in [4.78, 5) is 4.03. The van der Waals surface area contributed by atoms with Gasteiger partial charge in [0.2, 0.25) is 0 Å². The standard InChI is InChI=1S/C17H20FN3O2S/c1-11(13-6-7-13)17(22,14-4-3-5-15(18)8-14)9-21-16(19-10-20-21)23-12(2)24/h3-5,8,10-11,13,22H,6-7,9H2,1-2H3/t11?,17-/m0/s1. The number of hydrogen-bond acceptors (Lipinski definition) is 5. The van der Waals surface area contributed by atoms with Crippen LogP contribution in [0.5, 0.6) is 6.01 Å². The molecular weight excluding hydrogens is 329 g/mol. The highest BCUT2D eigenvalue weighted by molar-refractivity contribution is 7.80. The van der Waals surface area contributed by atoms with Crippen LogP contribution in [0, 0.1) is 17.7 Å². The molecule has 1 unspecified atom stereocenters. The summed E-state index contributed by atoms with van der Waals surface area (Å²) in [7, 11) is 0. The lowest BCUT2D eigenvalue weighted by Gasteiger charge is -2.35. The van der Waals surface area contributed by atoms with Crippen LogP contribution in [0.1, 0.15) is 32.3 Å². The molecule has 2 atom stereocenters. The molecule has 0 saturated heterocycles. The predicted molar refractivity (Wildman–Crippen MR) is 91.1 cm³/mol. The highest BCUT2D eigenvalue weighted by Gasteiger charge is 2.45. The highest BCUT2D eigenvalue weighted by atomic mass is 32.1. The van der Waals surface area contributed by atoms with Crippen molar-refractivity contribution in [3.05, 3.63) is 42.0 Å². The molecule has 1 N–H and O–H groups in total. The van der Waals surface area contributed by atoms with Gasteiger partial charge < -0.3 is 9.84 Å². The third-order valence-electron chi connectivity index (χ3n) is 4.61. The molecule has 1 aromatic heterocycles. The second-order valence-corrected chi connectivity index (χ2v) is 6.93. The van der Waals surface area contributed by atoms with Crippen LogP contribution in [0.3, 0.4) is 0 Å². The van der Waals surface area contributed by atoms with Crippen LogP contribution in [0.4, 0.5) is 4.39 Å². The molecule has 5 nitrogen and oxygen atoms in total. The van der Waals surface area contributed by atoms with Crippen molar-refractivity contribution >= 4 is 17.3 Å². The number of benzene rings is 1. The molecule has 1 saturated carbocycles. The third-order valence-corrected chi connectivity index (χ3v) is 4.70. The number of ether oxygens (including phenoxy) is 1. The van der Waals surface area contributed by atoms with Crippen molar-refractivity contribution < 1.29 is 14.2 Å². The smallest absolute Gasteiger partial charge is 0.320 e. The first-order valence-electron chi connectivity index (χ1n) is 7.95. The Balaban J connectivity index is 1.96. The van der Waals surface area contributed by atoms with Crippen LogP contribution in [0.25, 0.3) is 0 Å². The monoisotopic (exact) mass is 349 g/mol. The number of thiocarbonyl (C=S) groups is 1. The highest BCUT2D eigenvalue weighted by Crippen LogP contribution is 2.46. The number of nitrogens with zero attached hydrogens (tertiary/aromatic N) is 3. The van der Waals surface area contributed by atoms with Gasteiger partial charge in [-0.15, -0.1) is 0 Å². The van der Waals surface area contributed by atoms with Crippen molar-refractivity contribution in [1.29, 1.82) is 0 Å². The zero-order valence-electron chi connectivity index (χ0n) is 13.6. The van der Waals surface area contributed by atoms with Crippen molar-refractivity contribution in [3.8, 4) is 6.01 Å². The Morgan fingerprint density at radius 3 is 2.92 bits per heavy atom. The molecule has 24 heavy (non-hydrogen) atoms. The van der Waals surface area contributed by atoms with Crippen LogP contribution in [0.15, 0.2) is 30.6 Å². The molecule has 1 aromatic carbocycles. The molecule has 1 aliphatic rings. The normalized spacial score (nSPS) is 18.0. The summed E-state index contributed by atoms with van der Waals surface area (Å²) in [6.07, 6.45) is 3.48. The van der Waals surface area contributed by atoms with E-state index in [4.69, 9.17) is 17.0 Å². The minimum absolute atomic E-state index is 0.0510. The number of halogens is 1. The summed E-state index contributed by atoms with van der Waals surface area (Å²) < 4.78 is 20.6. The van der Waals surface area contributed by atoms with Gasteiger partial charge in [0, 0.05) is 6.92 Å². The molecule has 128 valence electrons. The van der Waals surface area contributed by atoms with E-state index >= 15 is 0 Å². The van der Waals surface area contributed by atoms with Gasteiger partial charge in [0.15, 0.2) is 5.05 Å². The number of rotatable bonds is 6. The predicted octanol–water partition coefficient (Wildman–Crippen LogP) is 3.08. The first-order chi connectivity index (χ1) is 11.4. The molecular formula is C17H20FN3O2S. The molecule has 0 radical (unpaired) electrons. The molecule has 0 aliphatic heterocycles. The van der Waals surface area contributed by atoms with Gasteiger partial charge in [-0.3, -0.25) is 0 Å². The fourth-order valence-electron chi connectivity index (χ4n) is 3.04. The van der Waals surface area contributed by atoms with Crippen LogP contribution in [-0.4, -0.2) is 24.9 Å². The molecule has 1 fully saturated rings. The van der Waals surface area contributed by atoms with E-state index in [1.807, 2.05) is 6.92 Å². The van der Waals surface area contributed by atoms with Gasteiger partial charge in [-0.05, 0) is 54.6 Å². The van der Waals surface area contributed by atoms with Crippen molar-refractivity contribution in [1.82, 2.24) is 14.8 Å². The average Bonchev–Trinajstić information content (AvgIpc) is 3.29. The fraction of sp³-hybridized carbons (Fsp3) is 0.471. The van der Waals surface area contributed by atoms with E-state index in [2.05, 4.69) is 10.1 Å². The molecule has 3 rings (SSSR count). The summed E-state index contributed by atoms with van der Waals surface area (Å²) in [5.41, 5.74) is -0.743. The van der Waals surface area contributed by atoms with E-state index in [1.54, 1.807) is 19.1 Å². The van der Waals surface area contributed by atoms with Gasteiger partial charge in [-0.25, -0.2) is 9.07 Å². The molecule has 0 amide bonds. The van der Waals surface area contributed by atoms with Gasteiger partial charge in [-0.2, -0.15) is 10.1 Å². The summed E-state index contributed by atoms with van der Waals surface area (Å²) >= 11 is 4.94. The zero-order valence-corrected chi connectivity index (χ0v) is 14.5. The van der Waals surface area contributed by atoms with E-state index < -0.39 is 5.60 Å². The maximum atomic E-state index is 13.7. The van der Waals surface area contributed by atoms with E-state index in [0.29, 0.717) is 16.5 Å². The lowest BCUT2D eigenvalue weighted by atomic mass is 9.79. The Morgan fingerprint density at radius 1 is 1.54 bits per heavy atom. The Morgan fingerprint density at radius 2 is 2.29 bits per heavy atom. The van der Waals surface area contributed by atoms with E-state index in [0.717, 1.165) is 12.8 Å². The average molecular weight is 349 g/mol. The summed E-state index contributed by atoms with van der Waals surface area (Å²) in [5, 5.41) is 15.9. The van der Waals surface area contributed by atoms with Gasteiger partial charge >= 0.3 is 6.01 Å². The van der Waals surface area contributed by atoms with Gasteiger partial charge in [-0.1, -0.05) is 19.1 Å². The molecule has 0 bridgehead atoms. The first-order valence-corrected chi connectivity index (χ1v) is 8.35. The van der Waals surface area contributed by atoms with E-state index in [9.17, 15) is 9.50 Å². The summed E-state index contributed by atoms with van der Waals surface area (Å²) in [6.45, 7) is 3.75. The van der Waals surface area contributed by atoms with E-state index in [1.165, 1.54) is 23.1 Å². The van der Waals surface area contributed by atoms with Gasteiger partial charge in [0.25, 0.3) is 0 Å². The van der Waals surface area contributed by atoms with Gasteiger partial charge in [0.1, 0.15) is 17.7 Å². The number of aromatic nitrogens is 3.